The van der Waals surface area contributed by atoms with Gasteiger partial charge in [-0.1, -0.05) is 19.0 Å². The van der Waals surface area contributed by atoms with Gasteiger partial charge in [-0.15, -0.1) is 0 Å². The molecule has 1 aromatic heterocycles. The molecule has 1 amide bonds. The standard InChI is InChI=1S/C14H22N2O3/c1-10(2)13-8-12(19-15-13)9-16(3)14(17)11-4-6-18-7-5-11/h8,10-11H,4-7,9H2,1-3H3. The molecule has 1 saturated heterocycles. The van der Waals surface area contributed by atoms with Gasteiger partial charge in [-0.2, -0.15) is 0 Å². The molecule has 0 bridgehead atoms. The number of hydrogen-bond acceptors (Lipinski definition) is 4. The third kappa shape index (κ3) is 3.56. The van der Waals surface area contributed by atoms with Gasteiger partial charge in [0.05, 0.1) is 12.2 Å². The average Bonchev–Trinajstić information content (AvgIpc) is 2.87. The highest BCUT2D eigenvalue weighted by molar-refractivity contribution is 5.78. The molecule has 5 nitrogen and oxygen atoms in total. The lowest BCUT2D eigenvalue weighted by Crippen LogP contribution is -2.35. The van der Waals surface area contributed by atoms with E-state index in [1.54, 1.807) is 4.90 Å². The maximum Gasteiger partial charge on any atom is 0.226 e. The van der Waals surface area contributed by atoms with E-state index in [-0.39, 0.29) is 11.8 Å². The molecule has 0 spiro atoms. The minimum Gasteiger partial charge on any atom is -0.381 e. The van der Waals surface area contributed by atoms with Crippen molar-refractivity contribution < 1.29 is 14.1 Å². The van der Waals surface area contributed by atoms with Gasteiger partial charge in [-0.25, -0.2) is 0 Å². The molecule has 2 rings (SSSR count). The molecule has 0 N–H and O–H groups in total. The summed E-state index contributed by atoms with van der Waals surface area (Å²) in [6, 6.07) is 1.93. The van der Waals surface area contributed by atoms with Gasteiger partial charge < -0.3 is 14.2 Å². The second-order valence-electron chi connectivity index (χ2n) is 5.45. The van der Waals surface area contributed by atoms with E-state index in [4.69, 9.17) is 9.26 Å². The number of carbonyl (C=O) groups excluding carboxylic acids is 1. The number of aromatic nitrogens is 1. The van der Waals surface area contributed by atoms with Crippen LogP contribution in [-0.4, -0.2) is 36.2 Å². The van der Waals surface area contributed by atoms with Crippen molar-refractivity contribution in [1.29, 1.82) is 0 Å². The van der Waals surface area contributed by atoms with Gasteiger partial charge >= 0.3 is 0 Å². The largest absolute Gasteiger partial charge is 0.381 e. The Morgan fingerprint density at radius 3 is 2.74 bits per heavy atom. The summed E-state index contributed by atoms with van der Waals surface area (Å²) in [5, 5.41) is 4.01. The molecule has 1 aliphatic rings. The van der Waals surface area contributed by atoms with Crippen molar-refractivity contribution in [3.05, 3.63) is 17.5 Å². The molecule has 1 fully saturated rings. The van der Waals surface area contributed by atoms with Crippen LogP contribution in [0.5, 0.6) is 0 Å². The van der Waals surface area contributed by atoms with Gasteiger partial charge in [0.2, 0.25) is 5.91 Å². The molecule has 0 saturated carbocycles. The van der Waals surface area contributed by atoms with Crippen molar-refractivity contribution >= 4 is 5.91 Å². The Bertz CT molecular complexity index is 422. The first-order valence-electron chi connectivity index (χ1n) is 6.86. The highest BCUT2D eigenvalue weighted by Crippen LogP contribution is 2.19. The molecule has 0 unspecified atom stereocenters. The number of carbonyl (C=O) groups is 1. The number of rotatable bonds is 4. The Morgan fingerprint density at radius 1 is 1.47 bits per heavy atom. The van der Waals surface area contributed by atoms with Crippen LogP contribution in [-0.2, 0) is 16.1 Å². The van der Waals surface area contributed by atoms with Crippen LogP contribution in [0.3, 0.4) is 0 Å². The Morgan fingerprint density at radius 2 is 2.16 bits per heavy atom. The SMILES string of the molecule is CC(C)c1cc(CN(C)C(=O)C2CCOCC2)on1. The molecule has 2 heterocycles. The zero-order valence-electron chi connectivity index (χ0n) is 11.9. The Kier molecular flexibility index (Phi) is 4.58. The number of hydrogen-bond donors (Lipinski definition) is 0. The van der Waals surface area contributed by atoms with Crippen molar-refractivity contribution in [2.75, 3.05) is 20.3 Å². The summed E-state index contributed by atoms with van der Waals surface area (Å²) in [5.74, 6) is 1.35. The molecule has 0 atom stereocenters. The van der Waals surface area contributed by atoms with Gasteiger partial charge in [-0.05, 0) is 18.8 Å². The lowest BCUT2D eigenvalue weighted by Gasteiger charge is -2.25. The van der Waals surface area contributed by atoms with Crippen LogP contribution in [0.4, 0.5) is 0 Å². The van der Waals surface area contributed by atoms with Gasteiger partial charge in [0.1, 0.15) is 0 Å². The fraction of sp³-hybridized carbons (Fsp3) is 0.714. The van der Waals surface area contributed by atoms with E-state index in [2.05, 4.69) is 19.0 Å². The van der Waals surface area contributed by atoms with E-state index >= 15 is 0 Å². The molecule has 0 aliphatic carbocycles. The molecule has 5 heteroatoms. The van der Waals surface area contributed by atoms with Gasteiger partial charge in [0.25, 0.3) is 0 Å². The predicted molar refractivity (Wildman–Crippen MR) is 70.6 cm³/mol. The quantitative estimate of drug-likeness (QED) is 0.838. The molecule has 19 heavy (non-hydrogen) atoms. The van der Waals surface area contributed by atoms with E-state index in [0.717, 1.165) is 24.3 Å². The van der Waals surface area contributed by atoms with Crippen LogP contribution in [0, 0.1) is 5.92 Å². The summed E-state index contributed by atoms with van der Waals surface area (Å²) in [6.45, 7) is 5.99. The molecule has 1 aromatic rings. The third-order valence-electron chi connectivity index (χ3n) is 3.51. The van der Waals surface area contributed by atoms with Crippen molar-refractivity contribution in [3.63, 3.8) is 0 Å². The van der Waals surface area contributed by atoms with Crippen molar-refractivity contribution in [1.82, 2.24) is 10.1 Å². The topological polar surface area (TPSA) is 55.6 Å². The van der Waals surface area contributed by atoms with Crippen LogP contribution in [0.2, 0.25) is 0 Å². The first-order valence-corrected chi connectivity index (χ1v) is 6.86. The summed E-state index contributed by atoms with van der Waals surface area (Å²) in [5.41, 5.74) is 0.932. The average molecular weight is 266 g/mol. The Balaban J connectivity index is 1.91. The molecule has 106 valence electrons. The lowest BCUT2D eigenvalue weighted by atomic mass is 9.99. The summed E-state index contributed by atoms with van der Waals surface area (Å²) >= 11 is 0. The molecular formula is C14H22N2O3. The summed E-state index contributed by atoms with van der Waals surface area (Å²) in [4.78, 5) is 14.0. The second kappa shape index (κ2) is 6.19. The van der Waals surface area contributed by atoms with Crippen molar-refractivity contribution in [3.8, 4) is 0 Å². The first kappa shape index (κ1) is 14.1. The minimum absolute atomic E-state index is 0.0891. The van der Waals surface area contributed by atoms with E-state index in [1.807, 2.05) is 13.1 Å². The smallest absolute Gasteiger partial charge is 0.226 e. The van der Waals surface area contributed by atoms with Crippen LogP contribution in [0.25, 0.3) is 0 Å². The highest BCUT2D eigenvalue weighted by atomic mass is 16.5. The molecule has 1 aliphatic heterocycles. The Hall–Kier alpha value is -1.36. The maximum absolute atomic E-state index is 12.3. The van der Waals surface area contributed by atoms with E-state index in [0.29, 0.717) is 25.7 Å². The zero-order chi connectivity index (χ0) is 13.8. The highest BCUT2D eigenvalue weighted by Gasteiger charge is 2.25. The van der Waals surface area contributed by atoms with Crippen molar-refractivity contribution in [2.24, 2.45) is 5.92 Å². The first-order chi connectivity index (χ1) is 9.08. The summed E-state index contributed by atoms with van der Waals surface area (Å²) < 4.78 is 10.5. The molecule has 0 radical (unpaired) electrons. The summed E-state index contributed by atoms with van der Waals surface area (Å²) in [7, 11) is 1.81. The van der Waals surface area contributed by atoms with Crippen LogP contribution < -0.4 is 0 Å². The van der Waals surface area contributed by atoms with Crippen LogP contribution >= 0.6 is 0 Å². The predicted octanol–water partition coefficient (Wildman–Crippen LogP) is 2.18. The number of amides is 1. The normalized spacial score (nSPS) is 16.8. The number of nitrogens with zero attached hydrogens (tertiary/aromatic N) is 2. The van der Waals surface area contributed by atoms with E-state index in [1.165, 1.54) is 0 Å². The van der Waals surface area contributed by atoms with Gasteiger partial charge in [-0.3, -0.25) is 4.79 Å². The minimum atomic E-state index is 0.0891. The molecular weight excluding hydrogens is 244 g/mol. The number of ether oxygens (including phenoxy) is 1. The van der Waals surface area contributed by atoms with Gasteiger partial charge in [0.15, 0.2) is 5.76 Å². The fourth-order valence-corrected chi connectivity index (χ4v) is 2.24. The summed E-state index contributed by atoms with van der Waals surface area (Å²) in [6.07, 6.45) is 1.63. The Labute approximate surface area is 113 Å². The monoisotopic (exact) mass is 266 g/mol. The van der Waals surface area contributed by atoms with Crippen LogP contribution in [0.1, 0.15) is 44.1 Å². The van der Waals surface area contributed by atoms with Crippen LogP contribution in [0.15, 0.2) is 10.6 Å². The fourth-order valence-electron chi connectivity index (χ4n) is 2.24. The van der Waals surface area contributed by atoms with E-state index < -0.39 is 0 Å². The van der Waals surface area contributed by atoms with Crippen molar-refractivity contribution in [2.45, 2.75) is 39.2 Å². The maximum atomic E-state index is 12.3. The molecule has 0 aromatic carbocycles. The second-order valence-corrected chi connectivity index (χ2v) is 5.45. The van der Waals surface area contributed by atoms with Gasteiger partial charge in [0, 0.05) is 32.2 Å². The third-order valence-corrected chi connectivity index (χ3v) is 3.51. The lowest BCUT2D eigenvalue weighted by molar-refractivity contribution is -0.138. The van der Waals surface area contributed by atoms with E-state index in [9.17, 15) is 4.79 Å². The zero-order valence-corrected chi connectivity index (χ0v) is 11.9.